The molecule has 0 radical (unpaired) electrons. The molecule has 0 amide bonds. The molecule has 1 rings (SSSR count). The molecule has 1 aliphatic heterocycles. The van der Waals surface area contributed by atoms with Gasteiger partial charge in [0.05, 0.1) is 12.9 Å². The van der Waals surface area contributed by atoms with Gasteiger partial charge in [-0.1, -0.05) is 20.8 Å². The maximum Gasteiger partial charge on any atom is 0.0879 e. The Morgan fingerprint density at radius 2 is 2.10 bits per heavy atom. The smallest absolute Gasteiger partial charge is 0.0879 e. The molecule has 0 aliphatic carbocycles. The molecule has 1 atom stereocenters. The van der Waals surface area contributed by atoms with Gasteiger partial charge in [-0.25, -0.2) is 0 Å². The highest BCUT2D eigenvalue weighted by molar-refractivity contribution is 4.92. The van der Waals surface area contributed by atoms with Crippen molar-refractivity contribution in [3.05, 3.63) is 12.3 Å². The van der Waals surface area contributed by atoms with Crippen LogP contribution >= 0.6 is 0 Å². The van der Waals surface area contributed by atoms with Gasteiger partial charge in [-0.3, -0.25) is 0 Å². The van der Waals surface area contributed by atoms with Gasteiger partial charge < -0.3 is 4.74 Å². The van der Waals surface area contributed by atoms with Crippen LogP contribution in [0, 0.1) is 11.3 Å². The van der Waals surface area contributed by atoms with E-state index in [2.05, 4.69) is 26.8 Å². The Balaban J connectivity index is 2.55. The van der Waals surface area contributed by atoms with Crippen LogP contribution in [0.5, 0.6) is 0 Å². The summed E-state index contributed by atoms with van der Waals surface area (Å²) in [4.78, 5) is 0. The van der Waals surface area contributed by atoms with Crippen LogP contribution in [0.25, 0.3) is 0 Å². The average Bonchev–Trinajstić information content (AvgIpc) is 1.88. The SMILES string of the molecule is CC(C)(C)C1C=COCC1. The molecule has 0 aromatic carbocycles. The van der Waals surface area contributed by atoms with Crippen LogP contribution in [0.15, 0.2) is 12.3 Å². The third-order valence-electron chi connectivity index (χ3n) is 2.07. The molecular formula is C9H16O. The van der Waals surface area contributed by atoms with Gasteiger partial charge in [-0.2, -0.15) is 0 Å². The highest BCUT2D eigenvalue weighted by Gasteiger charge is 2.23. The second-order valence-corrected chi connectivity index (χ2v) is 3.96. The van der Waals surface area contributed by atoms with E-state index in [9.17, 15) is 0 Å². The number of hydrogen-bond acceptors (Lipinski definition) is 1. The first-order chi connectivity index (χ1) is 4.61. The first kappa shape index (κ1) is 7.64. The molecule has 1 heterocycles. The molecule has 10 heavy (non-hydrogen) atoms. The summed E-state index contributed by atoms with van der Waals surface area (Å²) in [6.07, 6.45) is 5.17. The van der Waals surface area contributed by atoms with E-state index in [-0.39, 0.29) is 0 Å². The summed E-state index contributed by atoms with van der Waals surface area (Å²) < 4.78 is 5.11. The average molecular weight is 140 g/mol. The number of allylic oxidation sites excluding steroid dienone is 1. The van der Waals surface area contributed by atoms with Crippen molar-refractivity contribution >= 4 is 0 Å². The summed E-state index contributed by atoms with van der Waals surface area (Å²) in [7, 11) is 0. The van der Waals surface area contributed by atoms with Crippen molar-refractivity contribution in [1.82, 2.24) is 0 Å². The van der Waals surface area contributed by atoms with Crippen LogP contribution in [0.1, 0.15) is 27.2 Å². The summed E-state index contributed by atoms with van der Waals surface area (Å²) >= 11 is 0. The molecule has 0 aromatic heterocycles. The second-order valence-electron chi connectivity index (χ2n) is 3.96. The fourth-order valence-electron chi connectivity index (χ4n) is 1.23. The third kappa shape index (κ3) is 1.76. The van der Waals surface area contributed by atoms with Crippen molar-refractivity contribution in [2.45, 2.75) is 27.2 Å². The van der Waals surface area contributed by atoms with Gasteiger partial charge in [0.25, 0.3) is 0 Å². The van der Waals surface area contributed by atoms with Crippen LogP contribution in [-0.2, 0) is 4.74 Å². The predicted octanol–water partition coefficient (Wildman–Crippen LogP) is 2.58. The molecule has 0 saturated carbocycles. The van der Waals surface area contributed by atoms with E-state index in [1.165, 1.54) is 6.42 Å². The van der Waals surface area contributed by atoms with Crippen molar-refractivity contribution in [3.63, 3.8) is 0 Å². The Bertz CT molecular complexity index is 130. The molecule has 58 valence electrons. The minimum absolute atomic E-state index is 0.403. The first-order valence-corrected chi connectivity index (χ1v) is 3.89. The molecule has 1 nitrogen and oxygen atoms in total. The van der Waals surface area contributed by atoms with Crippen LogP contribution < -0.4 is 0 Å². The van der Waals surface area contributed by atoms with E-state index < -0.39 is 0 Å². The highest BCUT2D eigenvalue weighted by Crippen LogP contribution is 2.31. The molecule has 1 aliphatic rings. The van der Waals surface area contributed by atoms with Gasteiger partial charge in [0.15, 0.2) is 0 Å². The van der Waals surface area contributed by atoms with Crippen molar-refractivity contribution in [2.24, 2.45) is 11.3 Å². The van der Waals surface area contributed by atoms with E-state index >= 15 is 0 Å². The first-order valence-electron chi connectivity index (χ1n) is 3.89. The molecule has 0 spiro atoms. The van der Waals surface area contributed by atoms with Crippen molar-refractivity contribution in [1.29, 1.82) is 0 Å². The van der Waals surface area contributed by atoms with Gasteiger partial charge in [0.1, 0.15) is 0 Å². The normalized spacial score (nSPS) is 26.1. The minimum atomic E-state index is 0.403. The Morgan fingerprint density at radius 1 is 1.40 bits per heavy atom. The number of ether oxygens (including phenoxy) is 1. The lowest BCUT2D eigenvalue weighted by atomic mass is 9.78. The summed E-state index contributed by atoms with van der Waals surface area (Å²) in [5, 5.41) is 0. The largest absolute Gasteiger partial charge is 0.501 e. The van der Waals surface area contributed by atoms with E-state index in [1.807, 2.05) is 6.26 Å². The molecular weight excluding hydrogens is 124 g/mol. The lowest BCUT2D eigenvalue weighted by Crippen LogP contribution is -2.21. The van der Waals surface area contributed by atoms with Crippen LogP contribution in [0.3, 0.4) is 0 Å². The topological polar surface area (TPSA) is 9.23 Å². The Morgan fingerprint density at radius 3 is 2.40 bits per heavy atom. The van der Waals surface area contributed by atoms with E-state index in [0.29, 0.717) is 11.3 Å². The van der Waals surface area contributed by atoms with E-state index in [4.69, 9.17) is 4.74 Å². The molecule has 1 unspecified atom stereocenters. The van der Waals surface area contributed by atoms with Crippen LogP contribution in [-0.4, -0.2) is 6.61 Å². The Labute approximate surface area is 63.1 Å². The lowest BCUT2D eigenvalue weighted by molar-refractivity contribution is 0.159. The Kier molecular flexibility index (Phi) is 2.02. The summed E-state index contributed by atoms with van der Waals surface area (Å²) in [5.41, 5.74) is 0.403. The van der Waals surface area contributed by atoms with Gasteiger partial charge in [0.2, 0.25) is 0 Å². The number of rotatable bonds is 0. The van der Waals surface area contributed by atoms with Crippen LogP contribution in [0.2, 0.25) is 0 Å². The van der Waals surface area contributed by atoms with Gasteiger partial charge in [-0.15, -0.1) is 0 Å². The Hall–Kier alpha value is -0.460. The van der Waals surface area contributed by atoms with Crippen molar-refractivity contribution in [3.8, 4) is 0 Å². The maximum absolute atomic E-state index is 5.11. The standard InChI is InChI=1S/C9H16O/c1-9(2,3)8-4-6-10-7-5-8/h4,6,8H,5,7H2,1-3H3. The molecule has 0 aromatic rings. The molecule has 0 bridgehead atoms. The summed E-state index contributed by atoms with van der Waals surface area (Å²) in [5.74, 6) is 0.696. The summed E-state index contributed by atoms with van der Waals surface area (Å²) in [6.45, 7) is 7.70. The van der Waals surface area contributed by atoms with E-state index in [0.717, 1.165) is 6.61 Å². The van der Waals surface area contributed by atoms with Crippen molar-refractivity contribution < 1.29 is 4.74 Å². The van der Waals surface area contributed by atoms with Gasteiger partial charge in [0, 0.05) is 0 Å². The minimum Gasteiger partial charge on any atom is -0.501 e. The third-order valence-corrected chi connectivity index (χ3v) is 2.07. The van der Waals surface area contributed by atoms with E-state index in [1.54, 1.807) is 0 Å². The fourth-order valence-corrected chi connectivity index (χ4v) is 1.23. The zero-order valence-electron chi connectivity index (χ0n) is 7.05. The highest BCUT2D eigenvalue weighted by atomic mass is 16.5. The monoisotopic (exact) mass is 140 g/mol. The quantitative estimate of drug-likeness (QED) is 0.502. The summed E-state index contributed by atoms with van der Waals surface area (Å²) in [6, 6.07) is 0. The van der Waals surface area contributed by atoms with Crippen LogP contribution in [0.4, 0.5) is 0 Å². The molecule has 0 N–H and O–H groups in total. The second kappa shape index (κ2) is 2.65. The molecule has 1 heteroatoms. The zero-order chi connectivity index (χ0) is 7.61. The number of hydrogen-bond donors (Lipinski definition) is 0. The predicted molar refractivity (Wildman–Crippen MR) is 42.7 cm³/mol. The van der Waals surface area contributed by atoms with Gasteiger partial charge >= 0.3 is 0 Å². The maximum atomic E-state index is 5.11. The zero-order valence-corrected chi connectivity index (χ0v) is 7.05. The molecule has 0 saturated heterocycles. The lowest BCUT2D eigenvalue weighted by Gasteiger charge is -2.29. The molecule has 0 fully saturated rings. The van der Waals surface area contributed by atoms with Gasteiger partial charge in [-0.05, 0) is 23.8 Å². The van der Waals surface area contributed by atoms with Crippen molar-refractivity contribution in [2.75, 3.05) is 6.61 Å². The fraction of sp³-hybridized carbons (Fsp3) is 0.778.